The van der Waals surface area contributed by atoms with Gasteiger partial charge in [0.25, 0.3) is 5.91 Å². The highest BCUT2D eigenvalue weighted by Crippen LogP contribution is 2.40. The SMILES string of the molecule is O=C(N[C@H]1COc2cccnc2CC1=O)c1n[nH]c([C@@H]2CCC3=C2C=C[C+]=C3)n1. The number of Topliss-reactive ketones (excluding diaryl/α,β-unsaturated/α-hetero) is 1. The van der Waals surface area contributed by atoms with E-state index in [2.05, 4.69) is 31.6 Å². The lowest BCUT2D eigenvalue weighted by Gasteiger charge is -2.13. The number of fused-ring (bicyclic) bond motifs is 1. The van der Waals surface area contributed by atoms with Crippen molar-refractivity contribution in [1.29, 1.82) is 0 Å². The Morgan fingerprint density at radius 3 is 3.24 bits per heavy atom. The van der Waals surface area contributed by atoms with Gasteiger partial charge in [-0.2, -0.15) is 0 Å². The number of amides is 1. The predicted octanol–water partition coefficient (Wildman–Crippen LogP) is 1.61. The molecule has 2 aromatic rings. The van der Waals surface area contributed by atoms with E-state index in [-0.39, 0.29) is 30.6 Å². The molecule has 0 spiro atoms. The minimum Gasteiger partial charge on any atom is -0.489 e. The number of allylic oxidation sites excluding steroid dienone is 6. The Balaban J connectivity index is 1.29. The molecular weight excluding hydrogens is 370 g/mol. The molecule has 8 heteroatoms. The van der Waals surface area contributed by atoms with Crippen molar-refractivity contribution in [1.82, 2.24) is 25.5 Å². The molecule has 2 aliphatic carbocycles. The van der Waals surface area contributed by atoms with Gasteiger partial charge in [-0.25, -0.2) is 4.98 Å². The topological polar surface area (TPSA) is 110 Å². The van der Waals surface area contributed by atoms with E-state index in [1.54, 1.807) is 18.3 Å². The molecule has 3 heterocycles. The standard InChI is InChI=1S/C21H17N5O3/c27-17-10-15-18(6-3-9-22-15)29-11-16(17)23-21(28)20-24-19(25-26-20)14-8-7-12-4-1-2-5-13(12)14/h2-6,9,14,16H,7-8,10-11H2,(H-,23,24,25,26,28)/p+1/t14-,16+/m1/s1. The van der Waals surface area contributed by atoms with E-state index < -0.39 is 11.9 Å². The average Bonchev–Trinajstić information content (AvgIpc) is 3.35. The number of rotatable bonds is 3. The van der Waals surface area contributed by atoms with Gasteiger partial charge < -0.3 is 10.1 Å². The van der Waals surface area contributed by atoms with Crippen LogP contribution in [0.4, 0.5) is 0 Å². The first-order valence-electron chi connectivity index (χ1n) is 9.50. The summed E-state index contributed by atoms with van der Waals surface area (Å²) in [6, 6.07) is 2.73. The van der Waals surface area contributed by atoms with Crippen molar-refractivity contribution in [2.45, 2.75) is 31.2 Å². The van der Waals surface area contributed by atoms with Crippen LogP contribution in [-0.4, -0.2) is 44.5 Å². The number of H-pyrrole nitrogens is 1. The molecule has 1 aliphatic heterocycles. The van der Waals surface area contributed by atoms with Gasteiger partial charge in [0.05, 0.1) is 35.3 Å². The van der Waals surface area contributed by atoms with Crippen LogP contribution < -0.4 is 10.1 Å². The Morgan fingerprint density at radius 2 is 2.31 bits per heavy atom. The van der Waals surface area contributed by atoms with E-state index in [4.69, 9.17) is 4.74 Å². The highest BCUT2D eigenvalue weighted by atomic mass is 16.5. The van der Waals surface area contributed by atoms with Crippen LogP contribution in [0.25, 0.3) is 0 Å². The summed E-state index contributed by atoms with van der Waals surface area (Å²) in [6.45, 7) is 0.0487. The second-order valence-electron chi connectivity index (χ2n) is 7.19. The summed E-state index contributed by atoms with van der Waals surface area (Å²) < 4.78 is 5.64. The molecule has 8 nitrogen and oxygen atoms in total. The second-order valence-corrected chi connectivity index (χ2v) is 7.19. The lowest BCUT2D eigenvalue weighted by molar-refractivity contribution is -0.120. The molecule has 29 heavy (non-hydrogen) atoms. The van der Waals surface area contributed by atoms with Gasteiger partial charge in [-0.15, -0.1) is 5.10 Å². The number of aromatic amines is 1. The van der Waals surface area contributed by atoms with Crippen LogP contribution in [0.3, 0.4) is 0 Å². The number of carbonyl (C=O) groups excluding carboxylic acids is 2. The largest absolute Gasteiger partial charge is 0.489 e. The van der Waals surface area contributed by atoms with Gasteiger partial charge in [0.15, 0.2) is 5.78 Å². The third-order valence-corrected chi connectivity index (χ3v) is 5.39. The molecule has 2 aromatic heterocycles. The van der Waals surface area contributed by atoms with Crippen molar-refractivity contribution < 1.29 is 14.3 Å². The van der Waals surface area contributed by atoms with E-state index in [0.29, 0.717) is 17.3 Å². The molecule has 144 valence electrons. The van der Waals surface area contributed by atoms with Crippen LogP contribution >= 0.6 is 0 Å². The number of carbonyl (C=O) groups is 2. The molecule has 1 amide bonds. The molecule has 0 aromatic carbocycles. The van der Waals surface area contributed by atoms with Gasteiger partial charge in [-0.1, -0.05) is 0 Å². The number of ether oxygens (including phenoxy) is 1. The second kappa shape index (κ2) is 7.07. The first kappa shape index (κ1) is 17.5. The summed E-state index contributed by atoms with van der Waals surface area (Å²) in [5.74, 6) is 0.649. The third-order valence-electron chi connectivity index (χ3n) is 5.39. The Labute approximate surface area is 166 Å². The lowest BCUT2D eigenvalue weighted by atomic mass is 9.97. The summed E-state index contributed by atoms with van der Waals surface area (Å²) in [6.07, 6.45) is 12.6. The molecule has 2 N–H and O–H groups in total. The van der Waals surface area contributed by atoms with Gasteiger partial charge in [0, 0.05) is 18.7 Å². The van der Waals surface area contributed by atoms with Gasteiger partial charge in [-0.3, -0.25) is 19.7 Å². The Kier molecular flexibility index (Phi) is 4.26. The zero-order valence-electron chi connectivity index (χ0n) is 15.5. The number of nitrogens with one attached hydrogen (secondary N) is 2. The molecule has 2 atom stereocenters. The van der Waals surface area contributed by atoms with Gasteiger partial charge >= 0.3 is 0 Å². The first-order chi connectivity index (χ1) is 14.2. The average molecular weight is 388 g/mol. The molecule has 0 bridgehead atoms. The van der Waals surface area contributed by atoms with Gasteiger partial charge in [0.2, 0.25) is 5.82 Å². The van der Waals surface area contributed by atoms with Crippen LogP contribution in [0.15, 0.2) is 47.7 Å². The minimum absolute atomic E-state index is 0.0172. The highest BCUT2D eigenvalue weighted by molar-refractivity contribution is 5.96. The van der Waals surface area contributed by atoms with E-state index in [0.717, 1.165) is 12.8 Å². The fourth-order valence-electron chi connectivity index (χ4n) is 3.89. The van der Waals surface area contributed by atoms with Crippen molar-refractivity contribution in [2.24, 2.45) is 0 Å². The molecule has 0 radical (unpaired) electrons. The molecule has 5 rings (SSSR count). The number of nitrogens with zero attached hydrogens (tertiary/aromatic N) is 3. The molecule has 0 saturated heterocycles. The number of aromatic nitrogens is 4. The highest BCUT2D eigenvalue weighted by Gasteiger charge is 2.34. The Bertz CT molecular complexity index is 1080. The van der Waals surface area contributed by atoms with Crippen molar-refractivity contribution in [2.75, 3.05) is 6.61 Å². The third kappa shape index (κ3) is 3.23. The van der Waals surface area contributed by atoms with Crippen molar-refractivity contribution in [3.05, 3.63) is 71.1 Å². The van der Waals surface area contributed by atoms with Gasteiger partial charge in [0.1, 0.15) is 36.4 Å². The van der Waals surface area contributed by atoms with Crippen molar-refractivity contribution >= 4 is 11.7 Å². The molecule has 0 unspecified atom stereocenters. The number of ketones is 1. The molecule has 3 aliphatic rings. The summed E-state index contributed by atoms with van der Waals surface area (Å²) in [4.78, 5) is 33.7. The number of hydrogen-bond donors (Lipinski definition) is 2. The minimum atomic E-state index is -0.776. The van der Waals surface area contributed by atoms with Crippen LogP contribution in [0.2, 0.25) is 0 Å². The summed E-state index contributed by atoms with van der Waals surface area (Å²) in [5.41, 5.74) is 3.00. The van der Waals surface area contributed by atoms with E-state index >= 15 is 0 Å². The van der Waals surface area contributed by atoms with E-state index in [1.807, 2.05) is 18.2 Å². The smallest absolute Gasteiger partial charge is 0.291 e. The zero-order chi connectivity index (χ0) is 19.8. The zero-order valence-corrected chi connectivity index (χ0v) is 15.5. The fourth-order valence-corrected chi connectivity index (χ4v) is 3.89. The summed E-state index contributed by atoms with van der Waals surface area (Å²) >= 11 is 0. The van der Waals surface area contributed by atoms with E-state index in [1.165, 1.54) is 11.1 Å². The fraction of sp³-hybridized carbons (Fsp3) is 0.286. The lowest BCUT2D eigenvalue weighted by Crippen LogP contribution is -2.45. The van der Waals surface area contributed by atoms with E-state index in [9.17, 15) is 9.59 Å². The summed E-state index contributed by atoms with van der Waals surface area (Å²) in [5, 5.41) is 9.64. The molecule has 0 fully saturated rings. The molecule has 0 saturated carbocycles. The number of hydrogen-bond acceptors (Lipinski definition) is 6. The Hall–Kier alpha value is -3.64. The number of pyridine rings is 1. The normalized spacial score (nSPS) is 22.4. The quantitative estimate of drug-likeness (QED) is 0.773. The van der Waals surface area contributed by atoms with Crippen LogP contribution in [0.5, 0.6) is 5.75 Å². The van der Waals surface area contributed by atoms with Crippen molar-refractivity contribution in [3.8, 4) is 5.75 Å². The Morgan fingerprint density at radius 1 is 1.38 bits per heavy atom. The van der Waals surface area contributed by atoms with Gasteiger partial charge in [-0.05, 0) is 18.6 Å². The van der Waals surface area contributed by atoms with Crippen LogP contribution in [0.1, 0.15) is 40.9 Å². The first-order valence-corrected chi connectivity index (χ1v) is 9.50. The predicted molar refractivity (Wildman–Crippen MR) is 102 cm³/mol. The van der Waals surface area contributed by atoms with Crippen LogP contribution in [-0.2, 0) is 11.2 Å². The molecular formula is C21H18N5O3+. The summed E-state index contributed by atoms with van der Waals surface area (Å²) in [7, 11) is 0. The monoisotopic (exact) mass is 388 g/mol. The maximum absolute atomic E-state index is 12.6. The maximum Gasteiger partial charge on any atom is 0.291 e. The van der Waals surface area contributed by atoms with Crippen LogP contribution in [0, 0.1) is 6.08 Å². The van der Waals surface area contributed by atoms with Crippen molar-refractivity contribution in [3.63, 3.8) is 0 Å². The maximum atomic E-state index is 12.6.